The van der Waals surface area contributed by atoms with E-state index in [2.05, 4.69) is 37.4 Å². The molecule has 132 valence electrons. The van der Waals surface area contributed by atoms with Gasteiger partial charge in [0.1, 0.15) is 6.07 Å². The lowest BCUT2D eigenvalue weighted by Gasteiger charge is -2.21. The highest BCUT2D eigenvalue weighted by Gasteiger charge is 2.35. The summed E-state index contributed by atoms with van der Waals surface area (Å²) in [5, 5.41) is 12.4. The number of carbonyl (C=O) groups is 1. The predicted octanol–water partition coefficient (Wildman–Crippen LogP) is 5.77. The second kappa shape index (κ2) is 6.26. The van der Waals surface area contributed by atoms with Crippen LogP contribution in [0.25, 0.3) is 11.1 Å². The van der Waals surface area contributed by atoms with Gasteiger partial charge in [0.15, 0.2) is 0 Å². The SMILES string of the molecule is CC1(C)c2ccccc2-c2ccc(C(=O)Nc3c(Cl)cccc3C#N)cc21. The summed E-state index contributed by atoms with van der Waals surface area (Å²) in [4.78, 5) is 12.8. The van der Waals surface area contributed by atoms with E-state index in [9.17, 15) is 10.1 Å². The third-order valence-electron chi connectivity index (χ3n) is 5.22. The van der Waals surface area contributed by atoms with Crippen molar-refractivity contribution in [3.8, 4) is 17.2 Å². The molecule has 1 N–H and O–H groups in total. The lowest BCUT2D eigenvalue weighted by atomic mass is 9.82. The van der Waals surface area contributed by atoms with Gasteiger partial charge in [0.2, 0.25) is 0 Å². The highest BCUT2D eigenvalue weighted by atomic mass is 35.5. The van der Waals surface area contributed by atoms with E-state index in [0.29, 0.717) is 21.8 Å². The van der Waals surface area contributed by atoms with E-state index >= 15 is 0 Å². The molecule has 3 aromatic carbocycles. The van der Waals surface area contributed by atoms with Crippen molar-refractivity contribution in [3.05, 3.63) is 87.9 Å². The minimum Gasteiger partial charge on any atom is -0.320 e. The van der Waals surface area contributed by atoms with Gasteiger partial charge in [-0.25, -0.2) is 0 Å². The van der Waals surface area contributed by atoms with Crippen LogP contribution in [-0.2, 0) is 5.41 Å². The van der Waals surface area contributed by atoms with Crippen LogP contribution in [0.2, 0.25) is 5.02 Å². The van der Waals surface area contributed by atoms with Gasteiger partial charge in [-0.05, 0) is 46.5 Å². The van der Waals surface area contributed by atoms with E-state index in [1.165, 1.54) is 11.1 Å². The Labute approximate surface area is 163 Å². The van der Waals surface area contributed by atoms with Gasteiger partial charge in [-0.3, -0.25) is 4.79 Å². The Balaban J connectivity index is 1.73. The fourth-order valence-corrected chi connectivity index (χ4v) is 4.00. The highest BCUT2D eigenvalue weighted by Crippen LogP contribution is 2.48. The Kier molecular flexibility index (Phi) is 4.02. The van der Waals surface area contributed by atoms with Gasteiger partial charge >= 0.3 is 0 Å². The third-order valence-corrected chi connectivity index (χ3v) is 5.53. The zero-order valence-corrected chi connectivity index (χ0v) is 15.8. The highest BCUT2D eigenvalue weighted by molar-refractivity contribution is 6.34. The van der Waals surface area contributed by atoms with Crippen LogP contribution in [0.3, 0.4) is 0 Å². The summed E-state index contributed by atoms with van der Waals surface area (Å²) < 4.78 is 0. The van der Waals surface area contributed by atoms with E-state index in [1.54, 1.807) is 18.2 Å². The maximum absolute atomic E-state index is 12.8. The third kappa shape index (κ3) is 2.70. The molecule has 1 aliphatic carbocycles. The molecule has 3 nitrogen and oxygen atoms in total. The number of fused-ring (bicyclic) bond motifs is 3. The zero-order valence-electron chi connectivity index (χ0n) is 15.0. The minimum absolute atomic E-state index is 0.176. The molecule has 0 unspecified atom stereocenters. The molecule has 0 bridgehead atoms. The van der Waals surface area contributed by atoms with E-state index in [-0.39, 0.29) is 11.3 Å². The number of hydrogen-bond donors (Lipinski definition) is 1. The number of amides is 1. The largest absolute Gasteiger partial charge is 0.320 e. The number of para-hydroxylation sites is 1. The number of rotatable bonds is 2. The molecule has 0 atom stereocenters. The molecule has 1 amide bonds. The van der Waals surface area contributed by atoms with Crippen molar-refractivity contribution in [2.45, 2.75) is 19.3 Å². The second-order valence-corrected chi connectivity index (χ2v) is 7.57. The average Bonchev–Trinajstić information content (AvgIpc) is 2.91. The number of anilines is 1. The lowest BCUT2D eigenvalue weighted by molar-refractivity contribution is 0.102. The summed E-state index contributed by atoms with van der Waals surface area (Å²) in [5.74, 6) is -0.283. The van der Waals surface area contributed by atoms with E-state index in [0.717, 1.165) is 11.1 Å². The summed E-state index contributed by atoms with van der Waals surface area (Å²) in [5.41, 5.74) is 5.79. The van der Waals surface area contributed by atoms with Crippen LogP contribution in [0, 0.1) is 11.3 Å². The molecule has 0 heterocycles. The molecular weight excluding hydrogens is 356 g/mol. The first-order valence-electron chi connectivity index (χ1n) is 8.68. The predicted molar refractivity (Wildman–Crippen MR) is 108 cm³/mol. The van der Waals surface area contributed by atoms with Crippen LogP contribution in [0.1, 0.15) is 40.9 Å². The Bertz CT molecular complexity index is 1130. The van der Waals surface area contributed by atoms with Crippen molar-refractivity contribution in [1.29, 1.82) is 5.26 Å². The maximum Gasteiger partial charge on any atom is 0.255 e. The molecule has 0 saturated heterocycles. The van der Waals surface area contributed by atoms with Gasteiger partial charge < -0.3 is 5.32 Å². The summed E-state index contributed by atoms with van der Waals surface area (Å²) in [7, 11) is 0. The van der Waals surface area contributed by atoms with Crippen molar-refractivity contribution < 1.29 is 4.79 Å². The van der Waals surface area contributed by atoms with Gasteiger partial charge in [0, 0.05) is 11.0 Å². The molecule has 0 aromatic heterocycles. The summed E-state index contributed by atoms with van der Waals surface area (Å²) in [6.45, 7) is 4.34. The quantitative estimate of drug-likeness (QED) is 0.620. The number of hydrogen-bond acceptors (Lipinski definition) is 2. The van der Waals surface area contributed by atoms with Gasteiger partial charge in [-0.2, -0.15) is 5.26 Å². The summed E-state index contributed by atoms with van der Waals surface area (Å²) >= 11 is 6.17. The molecule has 1 aliphatic rings. The Hall–Kier alpha value is -3.09. The molecule has 0 saturated carbocycles. The number of nitrogens with zero attached hydrogens (tertiary/aromatic N) is 1. The van der Waals surface area contributed by atoms with E-state index in [1.807, 2.05) is 30.3 Å². The lowest BCUT2D eigenvalue weighted by Crippen LogP contribution is -2.17. The van der Waals surface area contributed by atoms with Crippen LogP contribution in [0.15, 0.2) is 60.7 Å². The summed E-state index contributed by atoms with van der Waals surface area (Å²) in [6.07, 6.45) is 0. The van der Waals surface area contributed by atoms with Crippen LogP contribution < -0.4 is 5.32 Å². The van der Waals surface area contributed by atoms with Gasteiger partial charge in [0.25, 0.3) is 5.91 Å². The number of carbonyl (C=O) groups excluding carboxylic acids is 1. The van der Waals surface area contributed by atoms with Gasteiger partial charge in [0.05, 0.1) is 16.3 Å². The monoisotopic (exact) mass is 372 g/mol. The number of nitriles is 1. The molecule has 0 aliphatic heterocycles. The number of nitrogens with one attached hydrogen (secondary N) is 1. The zero-order chi connectivity index (χ0) is 19.2. The molecule has 3 aromatic rings. The Morgan fingerprint density at radius 2 is 1.74 bits per heavy atom. The van der Waals surface area contributed by atoms with Gasteiger partial charge in [-0.1, -0.05) is 61.8 Å². The first-order valence-corrected chi connectivity index (χ1v) is 9.05. The van der Waals surface area contributed by atoms with Gasteiger partial charge in [-0.15, -0.1) is 0 Å². The van der Waals surface area contributed by atoms with Crippen molar-refractivity contribution in [2.75, 3.05) is 5.32 Å². The van der Waals surface area contributed by atoms with Crippen LogP contribution >= 0.6 is 11.6 Å². The average molecular weight is 373 g/mol. The Morgan fingerprint density at radius 3 is 2.52 bits per heavy atom. The minimum atomic E-state index is -0.283. The van der Waals surface area contributed by atoms with Crippen LogP contribution in [0.4, 0.5) is 5.69 Å². The molecule has 0 fully saturated rings. The number of halogens is 1. The van der Waals surface area contributed by atoms with E-state index < -0.39 is 0 Å². The Morgan fingerprint density at radius 1 is 1.00 bits per heavy atom. The maximum atomic E-state index is 12.8. The van der Waals surface area contributed by atoms with Crippen molar-refractivity contribution in [2.24, 2.45) is 0 Å². The van der Waals surface area contributed by atoms with Crippen LogP contribution in [0.5, 0.6) is 0 Å². The molecular formula is C23H17ClN2O. The fourth-order valence-electron chi connectivity index (χ4n) is 3.78. The molecule has 0 radical (unpaired) electrons. The second-order valence-electron chi connectivity index (χ2n) is 7.16. The molecule has 4 rings (SSSR count). The smallest absolute Gasteiger partial charge is 0.255 e. The normalized spacial score (nSPS) is 13.4. The van der Waals surface area contributed by atoms with Crippen molar-refractivity contribution >= 4 is 23.2 Å². The number of benzene rings is 3. The first kappa shape index (κ1) is 17.3. The summed E-state index contributed by atoms with van der Waals surface area (Å²) in [6, 6.07) is 21.1. The standard InChI is InChI=1S/C23H17ClN2O/c1-23(2)18-8-4-3-7-16(18)17-11-10-14(12-19(17)23)22(27)26-21-15(13-25)6-5-9-20(21)24/h3-12H,1-2H3,(H,26,27). The van der Waals surface area contributed by atoms with Crippen LogP contribution in [-0.4, -0.2) is 5.91 Å². The fraction of sp³-hybridized carbons (Fsp3) is 0.130. The van der Waals surface area contributed by atoms with Crippen molar-refractivity contribution in [3.63, 3.8) is 0 Å². The van der Waals surface area contributed by atoms with Crippen molar-refractivity contribution in [1.82, 2.24) is 0 Å². The molecule has 4 heteroatoms. The van der Waals surface area contributed by atoms with E-state index in [4.69, 9.17) is 11.6 Å². The molecule has 27 heavy (non-hydrogen) atoms. The molecule has 0 spiro atoms. The first-order chi connectivity index (χ1) is 12.9. The topological polar surface area (TPSA) is 52.9 Å².